The second-order valence-corrected chi connectivity index (χ2v) is 6.98. The summed E-state index contributed by atoms with van der Waals surface area (Å²) in [7, 11) is 0. The van der Waals surface area contributed by atoms with Crippen LogP contribution in [0.1, 0.15) is 18.2 Å². The van der Waals surface area contributed by atoms with Crippen LogP contribution in [0.5, 0.6) is 0 Å². The summed E-state index contributed by atoms with van der Waals surface area (Å²) < 4.78 is 0. The van der Waals surface area contributed by atoms with E-state index in [9.17, 15) is 9.59 Å². The van der Waals surface area contributed by atoms with E-state index in [0.717, 1.165) is 4.88 Å². The molecule has 0 fully saturated rings. The first-order valence-corrected chi connectivity index (χ1v) is 9.18. The summed E-state index contributed by atoms with van der Waals surface area (Å²) in [5, 5.41) is 5.39. The van der Waals surface area contributed by atoms with Gasteiger partial charge in [0, 0.05) is 17.8 Å². The summed E-state index contributed by atoms with van der Waals surface area (Å²) in [5.74, 6) is -0.373. The molecular weight excluding hydrogens is 367 g/mol. The standard InChI is InChI=1S/C17H18Cl2N2O2S/c1-2-21(16(23)9-8-12-5-4-10-24-12)11-15(22)20-17-13(18)6-3-7-14(17)19/h3-7,10H,2,8-9,11H2,1H3,(H,20,22). The van der Waals surface area contributed by atoms with E-state index in [1.165, 1.54) is 4.90 Å². The number of likely N-dealkylation sites (N-methyl/N-ethyl adjacent to an activating group) is 1. The average molecular weight is 385 g/mol. The molecule has 1 aromatic heterocycles. The zero-order valence-corrected chi connectivity index (χ0v) is 15.5. The number of aryl methyl sites for hydroxylation is 1. The molecular formula is C17H18Cl2N2O2S. The lowest BCUT2D eigenvalue weighted by atomic mass is 10.2. The zero-order valence-electron chi connectivity index (χ0n) is 13.2. The van der Waals surface area contributed by atoms with Gasteiger partial charge in [0.05, 0.1) is 22.3 Å². The highest BCUT2D eigenvalue weighted by Crippen LogP contribution is 2.29. The van der Waals surface area contributed by atoms with E-state index in [-0.39, 0.29) is 18.4 Å². The lowest BCUT2D eigenvalue weighted by Gasteiger charge is -2.20. The third-order valence-corrected chi connectivity index (χ3v) is 5.03. The van der Waals surface area contributed by atoms with E-state index in [1.807, 2.05) is 24.4 Å². The topological polar surface area (TPSA) is 49.4 Å². The highest BCUT2D eigenvalue weighted by molar-refractivity contribution is 7.09. The maximum Gasteiger partial charge on any atom is 0.244 e. The van der Waals surface area contributed by atoms with Crippen LogP contribution in [0, 0.1) is 0 Å². The summed E-state index contributed by atoms with van der Waals surface area (Å²) in [6, 6.07) is 8.95. The minimum Gasteiger partial charge on any atom is -0.334 e. The zero-order chi connectivity index (χ0) is 17.5. The maximum atomic E-state index is 12.3. The van der Waals surface area contributed by atoms with Gasteiger partial charge in [-0.05, 0) is 36.9 Å². The van der Waals surface area contributed by atoms with E-state index in [4.69, 9.17) is 23.2 Å². The van der Waals surface area contributed by atoms with Crippen molar-refractivity contribution in [1.82, 2.24) is 4.90 Å². The number of nitrogens with zero attached hydrogens (tertiary/aromatic N) is 1. The van der Waals surface area contributed by atoms with Crippen LogP contribution in [-0.4, -0.2) is 29.8 Å². The lowest BCUT2D eigenvalue weighted by molar-refractivity contribution is -0.134. The van der Waals surface area contributed by atoms with Crippen LogP contribution in [0.4, 0.5) is 5.69 Å². The van der Waals surface area contributed by atoms with E-state index < -0.39 is 0 Å². The van der Waals surface area contributed by atoms with Crippen LogP contribution in [0.2, 0.25) is 10.0 Å². The number of anilines is 1. The summed E-state index contributed by atoms with van der Waals surface area (Å²) in [5.41, 5.74) is 0.368. The predicted molar refractivity (Wildman–Crippen MR) is 100.0 cm³/mol. The molecule has 128 valence electrons. The maximum absolute atomic E-state index is 12.3. The number of hydrogen-bond acceptors (Lipinski definition) is 3. The van der Waals surface area contributed by atoms with E-state index in [0.29, 0.717) is 35.1 Å². The molecule has 7 heteroatoms. The lowest BCUT2D eigenvalue weighted by Crippen LogP contribution is -2.38. The Bertz CT molecular complexity index is 684. The van der Waals surface area contributed by atoms with Gasteiger partial charge in [0.25, 0.3) is 0 Å². The highest BCUT2D eigenvalue weighted by Gasteiger charge is 2.17. The van der Waals surface area contributed by atoms with E-state index >= 15 is 0 Å². The number of benzene rings is 1. The molecule has 0 atom stereocenters. The SMILES string of the molecule is CCN(CC(=O)Nc1c(Cl)cccc1Cl)C(=O)CCc1cccs1. The Labute approximate surface area is 155 Å². The largest absolute Gasteiger partial charge is 0.334 e. The van der Waals surface area contributed by atoms with Crippen LogP contribution >= 0.6 is 34.5 Å². The summed E-state index contributed by atoms with van der Waals surface area (Å²) in [6.45, 7) is 2.28. The minimum absolute atomic E-state index is 0.0265. The van der Waals surface area contributed by atoms with E-state index in [1.54, 1.807) is 29.5 Å². The van der Waals surface area contributed by atoms with Crippen LogP contribution in [-0.2, 0) is 16.0 Å². The van der Waals surface area contributed by atoms with Crippen LogP contribution in [0.25, 0.3) is 0 Å². The number of amides is 2. The monoisotopic (exact) mass is 384 g/mol. The third kappa shape index (κ3) is 5.23. The quantitative estimate of drug-likeness (QED) is 0.764. The Kier molecular flexibility index (Phi) is 7.09. The number of halogens is 2. The van der Waals surface area contributed by atoms with Crippen molar-refractivity contribution in [2.24, 2.45) is 0 Å². The molecule has 0 saturated heterocycles. The van der Waals surface area contributed by atoms with E-state index in [2.05, 4.69) is 5.32 Å². The first-order valence-electron chi connectivity index (χ1n) is 7.55. The van der Waals surface area contributed by atoms with Crippen LogP contribution in [0.3, 0.4) is 0 Å². The normalized spacial score (nSPS) is 10.5. The number of rotatable bonds is 7. The molecule has 1 N–H and O–H groups in total. The smallest absolute Gasteiger partial charge is 0.244 e. The van der Waals surface area contributed by atoms with Crippen LogP contribution < -0.4 is 5.32 Å². The molecule has 0 radical (unpaired) electrons. The Balaban J connectivity index is 1.91. The van der Waals surface area contributed by atoms with Gasteiger partial charge < -0.3 is 10.2 Å². The number of para-hydroxylation sites is 1. The number of carbonyl (C=O) groups is 2. The fraction of sp³-hybridized carbons (Fsp3) is 0.294. The van der Waals surface area contributed by atoms with Gasteiger partial charge in [0.1, 0.15) is 0 Å². The van der Waals surface area contributed by atoms with Crippen molar-refractivity contribution in [1.29, 1.82) is 0 Å². The van der Waals surface area contributed by atoms with Gasteiger partial charge in [-0.2, -0.15) is 0 Å². The Morgan fingerprint density at radius 1 is 1.17 bits per heavy atom. The molecule has 0 aliphatic carbocycles. The van der Waals surface area contributed by atoms with Gasteiger partial charge in [-0.25, -0.2) is 0 Å². The van der Waals surface area contributed by atoms with Gasteiger partial charge in [0.2, 0.25) is 11.8 Å². The van der Waals surface area contributed by atoms with Gasteiger partial charge >= 0.3 is 0 Å². The first kappa shape index (κ1) is 18.8. The Morgan fingerprint density at radius 2 is 1.88 bits per heavy atom. The van der Waals surface area contributed by atoms with Crippen molar-refractivity contribution in [3.05, 3.63) is 50.6 Å². The van der Waals surface area contributed by atoms with Gasteiger partial charge in [-0.15, -0.1) is 11.3 Å². The summed E-state index contributed by atoms with van der Waals surface area (Å²) >= 11 is 13.7. The molecule has 1 heterocycles. The molecule has 0 aliphatic heterocycles. The van der Waals surface area contributed by atoms with Crippen molar-refractivity contribution in [2.75, 3.05) is 18.4 Å². The summed E-state index contributed by atoms with van der Waals surface area (Å²) in [4.78, 5) is 27.2. The minimum atomic E-state index is -0.323. The Morgan fingerprint density at radius 3 is 2.46 bits per heavy atom. The van der Waals surface area contributed by atoms with Crippen molar-refractivity contribution < 1.29 is 9.59 Å². The average Bonchev–Trinajstić information content (AvgIpc) is 3.07. The molecule has 2 rings (SSSR count). The van der Waals surface area contributed by atoms with Gasteiger partial charge in [-0.3, -0.25) is 9.59 Å². The molecule has 0 aliphatic rings. The van der Waals surface area contributed by atoms with Gasteiger partial charge in [-0.1, -0.05) is 35.3 Å². The number of hydrogen-bond donors (Lipinski definition) is 1. The number of nitrogens with one attached hydrogen (secondary N) is 1. The molecule has 2 aromatic rings. The predicted octanol–water partition coefficient (Wildman–Crippen LogP) is 4.47. The van der Waals surface area contributed by atoms with Crippen LogP contribution in [0.15, 0.2) is 35.7 Å². The molecule has 4 nitrogen and oxygen atoms in total. The molecule has 1 aromatic carbocycles. The van der Waals surface area contributed by atoms with Gasteiger partial charge in [0.15, 0.2) is 0 Å². The Hall–Kier alpha value is -1.56. The number of carbonyl (C=O) groups excluding carboxylic acids is 2. The van der Waals surface area contributed by atoms with Crippen molar-refractivity contribution in [2.45, 2.75) is 19.8 Å². The second kappa shape index (κ2) is 9.06. The van der Waals surface area contributed by atoms with Crippen molar-refractivity contribution in [3.8, 4) is 0 Å². The summed E-state index contributed by atoms with van der Waals surface area (Å²) in [6.07, 6.45) is 1.07. The molecule has 0 spiro atoms. The number of thiophene rings is 1. The first-order chi connectivity index (χ1) is 11.5. The van der Waals surface area contributed by atoms with Crippen molar-refractivity contribution >= 4 is 52.0 Å². The third-order valence-electron chi connectivity index (χ3n) is 3.46. The molecule has 0 bridgehead atoms. The molecule has 0 saturated carbocycles. The fourth-order valence-electron chi connectivity index (χ4n) is 2.19. The molecule has 0 unspecified atom stereocenters. The van der Waals surface area contributed by atoms with Crippen molar-refractivity contribution in [3.63, 3.8) is 0 Å². The highest BCUT2D eigenvalue weighted by atomic mass is 35.5. The molecule has 24 heavy (non-hydrogen) atoms. The molecule has 2 amide bonds. The fourth-order valence-corrected chi connectivity index (χ4v) is 3.39. The second-order valence-electron chi connectivity index (χ2n) is 5.13.